The number of nitrogens with zero attached hydrogens (tertiary/aromatic N) is 1. The number of hydrogen-bond donors (Lipinski definition) is 2. The Morgan fingerprint density at radius 2 is 2.19 bits per heavy atom. The summed E-state index contributed by atoms with van der Waals surface area (Å²) in [4.78, 5) is 16.2. The van der Waals surface area contributed by atoms with Crippen molar-refractivity contribution in [2.75, 3.05) is 5.32 Å². The molecule has 0 spiro atoms. The molecule has 112 valence electrons. The number of aromatic nitrogens is 1. The van der Waals surface area contributed by atoms with Crippen molar-refractivity contribution >= 4 is 11.6 Å². The van der Waals surface area contributed by atoms with Crippen LogP contribution in [0.25, 0.3) is 11.5 Å². The molecule has 0 radical (unpaired) electrons. The fourth-order valence-electron chi connectivity index (χ4n) is 1.99. The molecule has 0 saturated carbocycles. The van der Waals surface area contributed by atoms with Gasteiger partial charge < -0.3 is 15.5 Å². The van der Waals surface area contributed by atoms with Crippen LogP contribution in [-0.2, 0) is 4.79 Å². The maximum Gasteiger partial charge on any atom is 0.226 e. The Labute approximate surface area is 124 Å². The number of amides is 1. The van der Waals surface area contributed by atoms with Gasteiger partial charge in [0.25, 0.3) is 0 Å². The van der Waals surface area contributed by atoms with Gasteiger partial charge in [-0.1, -0.05) is 6.07 Å². The fourth-order valence-corrected chi connectivity index (χ4v) is 1.99. The van der Waals surface area contributed by atoms with E-state index in [1.165, 1.54) is 0 Å². The molecule has 1 aromatic heterocycles. The van der Waals surface area contributed by atoms with E-state index in [0.717, 1.165) is 22.5 Å². The third-order valence-electron chi connectivity index (χ3n) is 3.20. The summed E-state index contributed by atoms with van der Waals surface area (Å²) in [6.45, 7) is 5.75. The van der Waals surface area contributed by atoms with Crippen molar-refractivity contribution in [2.45, 2.75) is 39.7 Å². The minimum Gasteiger partial charge on any atom is -0.444 e. The molecule has 2 aromatic rings. The van der Waals surface area contributed by atoms with Crippen molar-refractivity contribution in [3.05, 3.63) is 35.7 Å². The summed E-state index contributed by atoms with van der Waals surface area (Å²) in [6.07, 6.45) is 2.70. The number of oxazole rings is 1. The molecule has 0 aliphatic heterocycles. The van der Waals surface area contributed by atoms with Crippen LogP contribution in [0.1, 0.15) is 31.0 Å². The molecule has 1 unspecified atom stereocenters. The first-order valence-corrected chi connectivity index (χ1v) is 7.04. The molecule has 0 aliphatic carbocycles. The van der Waals surface area contributed by atoms with Gasteiger partial charge in [0.15, 0.2) is 0 Å². The van der Waals surface area contributed by atoms with E-state index in [9.17, 15) is 4.79 Å². The predicted octanol–water partition coefficient (Wildman–Crippen LogP) is 3.02. The standard InChI is InChI=1S/C16H21N3O2/c1-10-4-6-13(19-15(20)7-5-11(2)17)8-14(10)16-18-12(3)9-21-16/h4,6,8-9,11H,5,7,17H2,1-3H3,(H,19,20). The lowest BCUT2D eigenvalue weighted by molar-refractivity contribution is -0.116. The number of nitrogens with one attached hydrogen (secondary N) is 1. The zero-order chi connectivity index (χ0) is 15.4. The van der Waals surface area contributed by atoms with Gasteiger partial charge in [-0.2, -0.15) is 0 Å². The molecule has 0 saturated heterocycles. The Morgan fingerprint density at radius 3 is 2.81 bits per heavy atom. The van der Waals surface area contributed by atoms with Gasteiger partial charge in [-0.15, -0.1) is 0 Å². The first-order chi connectivity index (χ1) is 9.95. The summed E-state index contributed by atoms with van der Waals surface area (Å²) < 4.78 is 5.43. The molecular formula is C16H21N3O2. The Morgan fingerprint density at radius 1 is 1.43 bits per heavy atom. The summed E-state index contributed by atoms with van der Waals surface area (Å²) in [6, 6.07) is 5.72. The average Bonchev–Trinajstić information content (AvgIpc) is 2.85. The summed E-state index contributed by atoms with van der Waals surface area (Å²) >= 11 is 0. The van der Waals surface area contributed by atoms with Crippen LogP contribution >= 0.6 is 0 Å². The SMILES string of the molecule is Cc1coc(-c2cc(NC(=O)CCC(C)N)ccc2C)n1. The Kier molecular flexibility index (Phi) is 4.75. The summed E-state index contributed by atoms with van der Waals surface area (Å²) in [7, 11) is 0. The smallest absolute Gasteiger partial charge is 0.226 e. The van der Waals surface area contributed by atoms with Crippen LogP contribution in [0.2, 0.25) is 0 Å². The van der Waals surface area contributed by atoms with Crippen molar-refractivity contribution in [1.29, 1.82) is 0 Å². The first kappa shape index (κ1) is 15.3. The van der Waals surface area contributed by atoms with Gasteiger partial charge in [-0.25, -0.2) is 4.98 Å². The van der Waals surface area contributed by atoms with Gasteiger partial charge in [0.2, 0.25) is 11.8 Å². The van der Waals surface area contributed by atoms with Crippen molar-refractivity contribution < 1.29 is 9.21 Å². The molecule has 1 amide bonds. The van der Waals surface area contributed by atoms with Gasteiger partial charge in [0.05, 0.1) is 5.69 Å². The Bertz CT molecular complexity index is 632. The minimum absolute atomic E-state index is 0.0274. The lowest BCUT2D eigenvalue weighted by atomic mass is 10.1. The predicted molar refractivity (Wildman–Crippen MR) is 82.9 cm³/mol. The van der Waals surface area contributed by atoms with E-state index in [0.29, 0.717) is 18.7 Å². The number of aryl methyl sites for hydroxylation is 2. The lowest BCUT2D eigenvalue weighted by Gasteiger charge is -2.09. The second kappa shape index (κ2) is 6.54. The van der Waals surface area contributed by atoms with E-state index in [4.69, 9.17) is 10.2 Å². The Balaban J connectivity index is 2.13. The van der Waals surface area contributed by atoms with Crippen molar-refractivity contribution in [1.82, 2.24) is 4.98 Å². The molecule has 5 nitrogen and oxygen atoms in total. The summed E-state index contributed by atoms with van der Waals surface area (Å²) in [5.74, 6) is 0.530. The van der Waals surface area contributed by atoms with Crippen LogP contribution < -0.4 is 11.1 Å². The molecule has 1 heterocycles. The maximum absolute atomic E-state index is 11.8. The lowest BCUT2D eigenvalue weighted by Crippen LogP contribution is -2.19. The number of carbonyl (C=O) groups excluding carboxylic acids is 1. The molecule has 0 fully saturated rings. The van der Waals surface area contributed by atoms with E-state index in [1.807, 2.05) is 39.0 Å². The van der Waals surface area contributed by atoms with Crippen LogP contribution in [0.5, 0.6) is 0 Å². The molecule has 0 bridgehead atoms. The third-order valence-corrected chi connectivity index (χ3v) is 3.20. The fraction of sp³-hybridized carbons (Fsp3) is 0.375. The highest BCUT2D eigenvalue weighted by molar-refractivity contribution is 5.91. The van der Waals surface area contributed by atoms with Crippen LogP contribution in [-0.4, -0.2) is 16.9 Å². The van der Waals surface area contributed by atoms with E-state index in [1.54, 1.807) is 6.26 Å². The molecule has 3 N–H and O–H groups in total. The van der Waals surface area contributed by atoms with Gasteiger partial charge in [-0.05, 0) is 44.9 Å². The molecule has 0 aliphatic rings. The van der Waals surface area contributed by atoms with E-state index in [-0.39, 0.29) is 11.9 Å². The molecule has 5 heteroatoms. The van der Waals surface area contributed by atoms with Crippen LogP contribution in [0.15, 0.2) is 28.9 Å². The molecule has 2 rings (SSSR count). The van der Waals surface area contributed by atoms with Crippen LogP contribution in [0.3, 0.4) is 0 Å². The van der Waals surface area contributed by atoms with E-state index < -0.39 is 0 Å². The molecular weight excluding hydrogens is 266 g/mol. The summed E-state index contributed by atoms with van der Waals surface area (Å²) in [5, 5.41) is 2.88. The zero-order valence-corrected chi connectivity index (χ0v) is 12.6. The van der Waals surface area contributed by atoms with Crippen molar-refractivity contribution in [3.8, 4) is 11.5 Å². The van der Waals surface area contributed by atoms with Gasteiger partial charge >= 0.3 is 0 Å². The third kappa shape index (κ3) is 4.16. The minimum atomic E-state index is -0.0364. The number of benzene rings is 1. The largest absolute Gasteiger partial charge is 0.444 e. The number of rotatable bonds is 5. The summed E-state index contributed by atoms with van der Waals surface area (Å²) in [5.41, 5.74) is 9.15. The van der Waals surface area contributed by atoms with Crippen LogP contribution in [0, 0.1) is 13.8 Å². The monoisotopic (exact) mass is 287 g/mol. The molecule has 1 aromatic carbocycles. The number of nitrogens with two attached hydrogens (primary N) is 1. The normalized spacial score (nSPS) is 12.2. The van der Waals surface area contributed by atoms with E-state index in [2.05, 4.69) is 10.3 Å². The quantitative estimate of drug-likeness (QED) is 0.885. The Hall–Kier alpha value is -2.14. The van der Waals surface area contributed by atoms with Gasteiger partial charge in [0.1, 0.15) is 6.26 Å². The highest BCUT2D eigenvalue weighted by Gasteiger charge is 2.10. The number of carbonyl (C=O) groups is 1. The van der Waals surface area contributed by atoms with Gasteiger partial charge in [0, 0.05) is 23.7 Å². The molecule has 1 atom stereocenters. The van der Waals surface area contributed by atoms with Crippen molar-refractivity contribution in [2.24, 2.45) is 5.73 Å². The second-order valence-electron chi connectivity index (χ2n) is 5.39. The van der Waals surface area contributed by atoms with E-state index >= 15 is 0 Å². The topological polar surface area (TPSA) is 81.2 Å². The highest BCUT2D eigenvalue weighted by atomic mass is 16.3. The number of hydrogen-bond acceptors (Lipinski definition) is 4. The van der Waals surface area contributed by atoms with Gasteiger partial charge in [-0.3, -0.25) is 4.79 Å². The highest BCUT2D eigenvalue weighted by Crippen LogP contribution is 2.26. The maximum atomic E-state index is 11.8. The number of anilines is 1. The zero-order valence-electron chi connectivity index (χ0n) is 12.6. The van der Waals surface area contributed by atoms with Crippen LogP contribution in [0.4, 0.5) is 5.69 Å². The second-order valence-corrected chi connectivity index (χ2v) is 5.39. The van der Waals surface area contributed by atoms with Crippen molar-refractivity contribution in [3.63, 3.8) is 0 Å². The molecule has 21 heavy (non-hydrogen) atoms. The first-order valence-electron chi connectivity index (χ1n) is 7.04. The average molecular weight is 287 g/mol.